The molecule has 0 aliphatic rings. The maximum absolute atomic E-state index is 12.1. The lowest BCUT2D eigenvalue weighted by atomic mass is 10.2. The van der Waals surface area contributed by atoms with E-state index in [0.29, 0.717) is 21.3 Å². The van der Waals surface area contributed by atoms with E-state index in [0.717, 1.165) is 16.5 Å². The van der Waals surface area contributed by atoms with Gasteiger partial charge in [0.1, 0.15) is 4.88 Å². The van der Waals surface area contributed by atoms with Crippen molar-refractivity contribution in [2.45, 2.75) is 25.9 Å². The highest BCUT2D eigenvalue weighted by Crippen LogP contribution is 2.36. The van der Waals surface area contributed by atoms with E-state index in [4.69, 9.17) is 23.2 Å². The number of carbonyl (C=O) groups is 1. The lowest BCUT2D eigenvalue weighted by molar-refractivity contribution is 0.0914. The third kappa shape index (κ3) is 3.44. The largest absolute Gasteiger partial charge is 0.391 e. The molecule has 2 rings (SSSR count). The molecule has 2 N–H and O–H groups in total. The molecule has 6 heteroatoms. The van der Waals surface area contributed by atoms with Crippen molar-refractivity contribution in [3.63, 3.8) is 0 Å². The van der Waals surface area contributed by atoms with Crippen molar-refractivity contribution >= 4 is 50.5 Å². The van der Waals surface area contributed by atoms with Gasteiger partial charge in [-0.1, -0.05) is 42.6 Å². The molecule has 0 radical (unpaired) electrons. The maximum atomic E-state index is 12.1. The highest BCUT2D eigenvalue weighted by Gasteiger charge is 2.17. The number of hydrogen-bond donors (Lipinski definition) is 2. The van der Waals surface area contributed by atoms with Gasteiger partial charge in [-0.15, -0.1) is 11.3 Å². The monoisotopic (exact) mass is 331 g/mol. The molecule has 3 nitrogen and oxygen atoms in total. The van der Waals surface area contributed by atoms with Gasteiger partial charge >= 0.3 is 0 Å². The molecule has 0 fully saturated rings. The highest BCUT2D eigenvalue weighted by atomic mass is 35.5. The molecule has 0 spiro atoms. The summed E-state index contributed by atoms with van der Waals surface area (Å²) in [6.45, 7) is 2.22. The Kier molecular flexibility index (Phi) is 5.27. The zero-order valence-corrected chi connectivity index (χ0v) is 13.3. The van der Waals surface area contributed by atoms with Crippen molar-refractivity contribution in [1.82, 2.24) is 5.32 Å². The summed E-state index contributed by atoms with van der Waals surface area (Å²) in [5, 5.41) is 14.2. The van der Waals surface area contributed by atoms with Crippen LogP contribution in [0.5, 0.6) is 0 Å². The van der Waals surface area contributed by atoms with Gasteiger partial charge in [0.2, 0.25) is 0 Å². The van der Waals surface area contributed by atoms with Crippen molar-refractivity contribution in [1.29, 1.82) is 0 Å². The predicted molar refractivity (Wildman–Crippen MR) is 85.1 cm³/mol. The fraction of sp³-hybridized carbons (Fsp3) is 0.357. The second-order valence-electron chi connectivity index (χ2n) is 4.54. The number of thiophene rings is 1. The second kappa shape index (κ2) is 6.76. The average molecular weight is 332 g/mol. The molecule has 0 saturated heterocycles. The summed E-state index contributed by atoms with van der Waals surface area (Å²) < 4.78 is 0.877. The number of carbonyl (C=O) groups excluding carboxylic acids is 1. The molecule has 1 amide bonds. The lowest BCUT2D eigenvalue weighted by Gasteiger charge is -2.09. The zero-order chi connectivity index (χ0) is 14.7. The molecule has 1 heterocycles. The Morgan fingerprint density at radius 2 is 2.20 bits per heavy atom. The fourth-order valence-electron chi connectivity index (χ4n) is 1.91. The van der Waals surface area contributed by atoms with Gasteiger partial charge in [0, 0.05) is 21.7 Å². The minimum absolute atomic E-state index is 0.234. The first-order valence-corrected chi connectivity index (χ1v) is 7.94. The average Bonchev–Trinajstić information content (AvgIpc) is 2.73. The standard InChI is InChI=1S/C14H15Cl2NO2S/c1-2-3-9(18)7-17-14(19)13-12(16)10-5-4-8(15)6-11(10)20-13/h4-6,9,18H,2-3,7H2,1H3,(H,17,19). The van der Waals surface area contributed by atoms with Crippen LogP contribution in [0.3, 0.4) is 0 Å². The van der Waals surface area contributed by atoms with Crippen molar-refractivity contribution in [3.8, 4) is 0 Å². The number of fused-ring (bicyclic) bond motifs is 1. The van der Waals surface area contributed by atoms with Crippen LogP contribution in [0.15, 0.2) is 18.2 Å². The SMILES string of the molecule is CCCC(O)CNC(=O)c1sc2cc(Cl)ccc2c1Cl. The predicted octanol–water partition coefficient (Wildman–Crippen LogP) is 4.10. The number of amides is 1. The minimum Gasteiger partial charge on any atom is -0.391 e. The molecule has 0 saturated carbocycles. The van der Waals surface area contributed by atoms with Crippen LogP contribution in [-0.2, 0) is 0 Å². The highest BCUT2D eigenvalue weighted by molar-refractivity contribution is 7.21. The number of rotatable bonds is 5. The van der Waals surface area contributed by atoms with E-state index in [2.05, 4.69) is 5.32 Å². The Morgan fingerprint density at radius 1 is 1.45 bits per heavy atom. The van der Waals surface area contributed by atoms with Crippen LogP contribution in [0.25, 0.3) is 10.1 Å². The number of benzene rings is 1. The summed E-state index contributed by atoms with van der Waals surface area (Å²) in [7, 11) is 0. The summed E-state index contributed by atoms with van der Waals surface area (Å²) in [5.74, 6) is -0.262. The molecule has 1 aromatic carbocycles. The summed E-state index contributed by atoms with van der Waals surface area (Å²) in [4.78, 5) is 12.6. The molecule has 108 valence electrons. The molecular formula is C14H15Cl2NO2S. The molecule has 1 unspecified atom stereocenters. The molecular weight excluding hydrogens is 317 g/mol. The minimum atomic E-state index is -0.522. The van der Waals surface area contributed by atoms with Crippen LogP contribution in [-0.4, -0.2) is 23.7 Å². The van der Waals surface area contributed by atoms with Crippen LogP contribution in [0.4, 0.5) is 0 Å². The third-order valence-corrected chi connectivity index (χ3v) is 4.81. The Morgan fingerprint density at radius 3 is 2.90 bits per heavy atom. The number of hydrogen-bond acceptors (Lipinski definition) is 3. The van der Waals surface area contributed by atoms with Gasteiger partial charge in [0.25, 0.3) is 5.91 Å². The Bertz CT molecular complexity index is 627. The van der Waals surface area contributed by atoms with E-state index in [1.165, 1.54) is 11.3 Å². The zero-order valence-electron chi connectivity index (χ0n) is 11.0. The Labute approximate surface area is 131 Å². The smallest absolute Gasteiger partial charge is 0.263 e. The van der Waals surface area contributed by atoms with E-state index in [1.807, 2.05) is 6.92 Å². The number of nitrogens with one attached hydrogen (secondary N) is 1. The first kappa shape index (κ1) is 15.6. The van der Waals surface area contributed by atoms with E-state index < -0.39 is 6.10 Å². The van der Waals surface area contributed by atoms with Crippen LogP contribution >= 0.6 is 34.5 Å². The molecule has 1 atom stereocenters. The summed E-state index contributed by atoms with van der Waals surface area (Å²) in [5.41, 5.74) is 0. The van der Waals surface area contributed by atoms with Crippen molar-refractivity contribution in [2.24, 2.45) is 0 Å². The number of halogens is 2. The van der Waals surface area contributed by atoms with Gasteiger partial charge in [-0.25, -0.2) is 0 Å². The molecule has 0 aliphatic heterocycles. The van der Waals surface area contributed by atoms with Gasteiger partial charge in [0.15, 0.2) is 0 Å². The van der Waals surface area contributed by atoms with Crippen molar-refractivity contribution in [2.75, 3.05) is 6.54 Å². The quantitative estimate of drug-likeness (QED) is 0.866. The van der Waals surface area contributed by atoms with Crippen LogP contribution in [0.2, 0.25) is 10.0 Å². The Balaban J connectivity index is 2.16. The van der Waals surface area contributed by atoms with E-state index in [1.54, 1.807) is 18.2 Å². The molecule has 0 bridgehead atoms. The summed E-state index contributed by atoms with van der Waals surface area (Å²) in [6, 6.07) is 5.34. The molecule has 1 aromatic heterocycles. The van der Waals surface area contributed by atoms with Gasteiger partial charge in [-0.3, -0.25) is 4.79 Å². The number of aliphatic hydroxyl groups is 1. The first-order chi connectivity index (χ1) is 9.52. The van der Waals surface area contributed by atoms with Crippen molar-refractivity contribution in [3.05, 3.63) is 33.1 Å². The van der Waals surface area contributed by atoms with Crippen LogP contribution in [0, 0.1) is 0 Å². The van der Waals surface area contributed by atoms with Crippen molar-refractivity contribution < 1.29 is 9.90 Å². The molecule has 20 heavy (non-hydrogen) atoms. The summed E-state index contributed by atoms with van der Waals surface area (Å²) >= 11 is 13.5. The van der Waals surface area contributed by atoms with E-state index in [-0.39, 0.29) is 12.5 Å². The first-order valence-electron chi connectivity index (χ1n) is 6.36. The third-order valence-electron chi connectivity index (χ3n) is 2.92. The van der Waals surface area contributed by atoms with Gasteiger partial charge in [-0.2, -0.15) is 0 Å². The second-order valence-corrected chi connectivity index (χ2v) is 6.40. The maximum Gasteiger partial charge on any atom is 0.263 e. The number of aliphatic hydroxyl groups excluding tert-OH is 1. The van der Waals surface area contributed by atoms with Gasteiger partial charge < -0.3 is 10.4 Å². The van der Waals surface area contributed by atoms with Gasteiger partial charge in [0.05, 0.1) is 11.1 Å². The Hall–Kier alpha value is -0.810. The van der Waals surface area contributed by atoms with E-state index >= 15 is 0 Å². The molecule has 0 aliphatic carbocycles. The summed E-state index contributed by atoms with van der Waals surface area (Å²) in [6.07, 6.45) is 1.02. The fourth-order valence-corrected chi connectivity index (χ4v) is 3.62. The molecule has 2 aromatic rings. The normalized spacial score (nSPS) is 12.6. The van der Waals surface area contributed by atoms with E-state index in [9.17, 15) is 9.90 Å². The lowest BCUT2D eigenvalue weighted by Crippen LogP contribution is -2.31. The van der Waals surface area contributed by atoms with Crippen LogP contribution < -0.4 is 5.32 Å². The van der Waals surface area contributed by atoms with Gasteiger partial charge in [-0.05, 0) is 18.6 Å². The van der Waals surface area contributed by atoms with Crippen LogP contribution in [0.1, 0.15) is 29.4 Å². The topological polar surface area (TPSA) is 49.3 Å².